The first kappa shape index (κ1) is 25.7. The second kappa shape index (κ2) is 12.0. The Balaban J connectivity index is 1.65. The Morgan fingerprint density at radius 1 is 0.914 bits per heavy atom. The molecule has 0 aromatic heterocycles. The van der Waals surface area contributed by atoms with Crippen LogP contribution in [0.1, 0.15) is 29.2 Å². The van der Waals surface area contributed by atoms with Crippen LogP contribution in [0.3, 0.4) is 0 Å². The number of hydrogen-bond acceptors (Lipinski definition) is 4. The summed E-state index contributed by atoms with van der Waals surface area (Å²) in [6.07, 6.45) is 0.579. The molecule has 3 aromatic carbocycles. The molecule has 0 radical (unpaired) electrons. The molecule has 7 heteroatoms. The molecular weight excluding hydrogens is 464 g/mol. The van der Waals surface area contributed by atoms with Crippen molar-refractivity contribution in [3.05, 3.63) is 100 Å². The Kier molecular flexibility index (Phi) is 8.81. The lowest BCUT2D eigenvalue weighted by atomic mass is 10.0. The van der Waals surface area contributed by atoms with E-state index in [1.54, 1.807) is 30.3 Å². The second-order valence-electron chi connectivity index (χ2n) is 8.06. The number of halogens is 1. The van der Waals surface area contributed by atoms with Crippen molar-refractivity contribution in [2.45, 2.75) is 26.9 Å². The Morgan fingerprint density at radius 3 is 2.17 bits per heavy atom. The fourth-order valence-electron chi connectivity index (χ4n) is 3.39. The van der Waals surface area contributed by atoms with Gasteiger partial charge in [0.05, 0.1) is 12.1 Å². The number of benzene rings is 3. The maximum atomic E-state index is 13.0. The van der Waals surface area contributed by atoms with E-state index >= 15 is 0 Å². The standard InChI is InChI=1S/C28H27ClN2O4/c1-18-8-7-9-19(2)26(18)31-25(32)17-30-27(33)20(3)35-28(34)24(16-21-10-5-4-6-11-21)22-12-14-23(29)15-13-22/h4-16,20H,17H2,1-3H3,(H,30,33)(H,31,32)/b24-16+. The molecule has 0 bridgehead atoms. The van der Waals surface area contributed by atoms with Crippen molar-refractivity contribution in [1.82, 2.24) is 5.32 Å². The number of esters is 1. The number of nitrogens with one attached hydrogen (secondary N) is 2. The van der Waals surface area contributed by atoms with Crippen molar-refractivity contribution in [2.75, 3.05) is 11.9 Å². The highest BCUT2D eigenvalue weighted by molar-refractivity contribution is 6.30. The number of ether oxygens (including phenoxy) is 1. The summed E-state index contributed by atoms with van der Waals surface area (Å²) in [5, 5.41) is 5.86. The van der Waals surface area contributed by atoms with Crippen molar-refractivity contribution in [2.24, 2.45) is 0 Å². The average molecular weight is 491 g/mol. The SMILES string of the molecule is Cc1cccc(C)c1NC(=O)CNC(=O)C(C)OC(=O)/C(=C/c1ccccc1)c1ccc(Cl)cc1. The third-order valence-electron chi connectivity index (χ3n) is 5.31. The highest BCUT2D eigenvalue weighted by atomic mass is 35.5. The molecule has 35 heavy (non-hydrogen) atoms. The van der Waals surface area contributed by atoms with E-state index in [4.69, 9.17) is 16.3 Å². The molecule has 0 fully saturated rings. The molecular formula is C28H27ClN2O4. The number of carbonyl (C=O) groups excluding carboxylic acids is 3. The lowest BCUT2D eigenvalue weighted by Gasteiger charge is -2.16. The van der Waals surface area contributed by atoms with Crippen LogP contribution in [0, 0.1) is 13.8 Å². The molecule has 1 unspecified atom stereocenters. The average Bonchev–Trinajstić information content (AvgIpc) is 2.84. The minimum atomic E-state index is -1.11. The van der Waals surface area contributed by atoms with E-state index < -0.39 is 18.0 Å². The van der Waals surface area contributed by atoms with Crippen LogP contribution in [0.2, 0.25) is 5.02 Å². The summed E-state index contributed by atoms with van der Waals surface area (Å²) in [4.78, 5) is 37.9. The number of para-hydroxylation sites is 1. The number of rotatable bonds is 8. The van der Waals surface area contributed by atoms with Gasteiger partial charge in [0.2, 0.25) is 5.91 Å². The number of anilines is 1. The van der Waals surface area contributed by atoms with Crippen molar-refractivity contribution in [3.8, 4) is 0 Å². The third kappa shape index (κ3) is 7.29. The minimum Gasteiger partial charge on any atom is -0.449 e. The van der Waals surface area contributed by atoms with Crippen molar-refractivity contribution >= 4 is 46.7 Å². The highest BCUT2D eigenvalue weighted by Crippen LogP contribution is 2.23. The first-order valence-corrected chi connectivity index (χ1v) is 11.5. The summed E-state index contributed by atoms with van der Waals surface area (Å²) in [5.74, 6) is -1.62. The summed E-state index contributed by atoms with van der Waals surface area (Å²) in [6, 6.07) is 21.8. The van der Waals surface area contributed by atoms with E-state index in [9.17, 15) is 14.4 Å². The van der Waals surface area contributed by atoms with Gasteiger partial charge in [-0.2, -0.15) is 0 Å². The quantitative estimate of drug-likeness (QED) is 0.259. The lowest BCUT2D eigenvalue weighted by Crippen LogP contribution is -2.40. The minimum absolute atomic E-state index is 0.252. The van der Waals surface area contributed by atoms with Gasteiger partial charge in [-0.15, -0.1) is 0 Å². The Hall–Kier alpha value is -3.90. The van der Waals surface area contributed by atoms with Gasteiger partial charge in [0.25, 0.3) is 5.91 Å². The lowest BCUT2D eigenvalue weighted by molar-refractivity contribution is -0.149. The maximum Gasteiger partial charge on any atom is 0.339 e. The van der Waals surface area contributed by atoms with Gasteiger partial charge in [0.15, 0.2) is 6.10 Å². The first-order chi connectivity index (χ1) is 16.7. The smallest absolute Gasteiger partial charge is 0.339 e. The fraction of sp³-hybridized carbons (Fsp3) is 0.179. The van der Waals surface area contributed by atoms with Crippen LogP contribution in [0.15, 0.2) is 72.8 Å². The van der Waals surface area contributed by atoms with Crippen LogP contribution in [0.5, 0.6) is 0 Å². The summed E-state index contributed by atoms with van der Waals surface area (Å²) in [5.41, 5.74) is 4.24. The topological polar surface area (TPSA) is 84.5 Å². The van der Waals surface area contributed by atoms with Gasteiger partial charge in [-0.25, -0.2) is 4.79 Å². The largest absolute Gasteiger partial charge is 0.449 e. The number of aryl methyl sites for hydroxylation is 2. The van der Waals surface area contributed by atoms with Gasteiger partial charge in [0.1, 0.15) is 0 Å². The van der Waals surface area contributed by atoms with Crippen LogP contribution >= 0.6 is 11.6 Å². The molecule has 6 nitrogen and oxygen atoms in total. The summed E-state index contributed by atoms with van der Waals surface area (Å²) in [6.45, 7) is 4.99. The van der Waals surface area contributed by atoms with Gasteiger partial charge in [-0.05, 0) is 61.2 Å². The van der Waals surface area contributed by atoms with Gasteiger partial charge < -0.3 is 15.4 Å². The molecule has 180 valence electrons. The van der Waals surface area contributed by atoms with E-state index in [0.29, 0.717) is 16.3 Å². The number of amides is 2. The van der Waals surface area contributed by atoms with Crippen LogP contribution in [-0.4, -0.2) is 30.4 Å². The summed E-state index contributed by atoms with van der Waals surface area (Å²) in [7, 11) is 0. The van der Waals surface area contributed by atoms with Gasteiger partial charge >= 0.3 is 5.97 Å². The number of hydrogen-bond donors (Lipinski definition) is 2. The highest BCUT2D eigenvalue weighted by Gasteiger charge is 2.22. The van der Waals surface area contributed by atoms with E-state index in [-0.39, 0.29) is 18.0 Å². The van der Waals surface area contributed by atoms with Crippen molar-refractivity contribution < 1.29 is 19.1 Å². The Bertz CT molecular complexity index is 1220. The molecule has 2 N–H and O–H groups in total. The monoisotopic (exact) mass is 490 g/mol. The zero-order valence-corrected chi connectivity index (χ0v) is 20.6. The predicted octanol–water partition coefficient (Wildman–Crippen LogP) is 5.18. The van der Waals surface area contributed by atoms with Crippen LogP contribution in [-0.2, 0) is 19.1 Å². The molecule has 0 saturated carbocycles. The van der Waals surface area contributed by atoms with Crippen LogP contribution in [0.25, 0.3) is 11.6 Å². The van der Waals surface area contributed by atoms with E-state index in [1.807, 2.05) is 62.4 Å². The Morgan fingerprint density at radius 2 is 1.54 bits per heavy atom. The van der Waals surface area contributed by atoms with Crippen molar-refractivity contribution in [1.29, 1.82) is 0 Å². The van der Waals surface area contributed by atoms with Gasteiger partial charge in [-0.1, -0.05) is 72.3 Å². The zero-order chi connectivity index (χ0) is 25.4. The van der Waals surface area contributed by atoms with Crippen LogP contribution in [0.4, 0.5) is 5.69 Å². The molecule has 0 aliphatic rings. The molecule has 3 rings (SSSR count). The van der Waals surface area contributed by atoms with Crippen LogP contribution < -0.4 is 10.6 Å². The predicted molar refractivity (Wildman–Crippen MR) is 139 cm³/mol. The summed E-state index contributed by atoms with van der Waals surface area (Å²) < 4.78 is 5.44. The normalized spacial score (nSPS) is 11.9. The van der Waals surface area contributed by atoms with Gasteiger partial charge in [-0.3, -0.25) is 9.59 Å². The molecule has 1 atom stereocenters. The van der Waals surface area contributed by atoms with E-state index in [0.717, 1.165) is 16.7 Å². The molecule has 0 aliphatic heterocycles. The first-order valence-electron chi connectivity index (χ1n) is 11.1. The number of carbonyl (C=O) groups is 3. The third-order valence-corrected chi connectivity index (χ3v) is 5.56. The van der Waals surface area contributed by atoms with E-state index in [2.05, 4.69) is 10.6 Å². The van der Waals surface area contributed by atoms with E-state index in [1.165, 1.54) is 6.92 Å². The molecule has 0 heterocycles. The molecule has 0 aliphatic carbocycles. The molecule has 0 spiro atoms. The second-order valence-corrected chi connectivity index (χ2v) is 8.49. The fourth-order valence-corrected chi connectivity index (χ4v) is 3.52. The molecule has 3 aromatic rings. The zero-order valence-electron chi connectivity index (χ0n) is 19.8. The molecule has 0 saturated heterocycles. The maximum absolute atomic E-state index is 13.0. The molecule has 2 amide bonds. The Labute approximate surface area is 210 Å². The van der Waals surface area contributed by atoms with Gasteiger partial charge in [0, 0.05) is 10.7 Å². The van der Waals surface area contributed by atoms with Crippen molar-refractivity contribution in [3.63, 3.8) is 0 Å². The summed E-state index contributed by atoms with van der Waals surface area (Å²) >= 11 is 5.99.